The van der Waals surface area contributed by atoms with E-state index < -0.39 is 17.8 Å². The van der Waals surface area contributed by atoms with Gasteiger partial charge in [-0.3, -0.25) is 0 Å². The van der Waals surface area contributed by atoms with Crippen LogP contribution in [-0.2, 0) is 0 Å². The first-order chi connectivity index (χ1) is 8.18. The van der Waals surface area contributed by atoms with E-state index in [0.717, 1.165) is 12.8 Å². The van der Waals surface area contributed by atoms with Crippen LogP contribution in [0.4, 0.5) is 13.2 Å². The van der Waals surface area contributed by atoms with Gasteiger partial charge in [0.1, 0.15) is 0 Å². The van der Waals surface area contributed by atoms with Crippen molar-refractivity contribution in [2.75, 3.05) is 0 Å². The molecule has 1 aromatic rings. The van der Waals surface area contributed by atoms with Crippen LogP contribution in [0.3, 0.4) is 0 Å². The predicted octanol–water partition coefficient (Wildman–Crippen LogP) is 5.04. The summed E-state index contributed by atoms with van der Waals surface area (Å²) in [5, 5.41) is 0. The summed E-state index contributed by atoms with van der Waals surface area (Å²) >= 11 is 0. The predicted molar refractivity (Wildman–Crippen MR) is 61.5 cm³/mol. The fourth-order valence-corrected chi connectivity index (χ4v) is 2.56. The van der Waals surface area contributed by atoms with E-state index in [1.807, 2.05) is 30.3 Å². The van der Waals surface area contributed by atoms with Crippen LogP contribution in [0.25, 0.3) is 0 Å². The lowest BCUT2D eigenvalue weighted by molar-refractivity contribution is 0.281. The second kappa shape index (κ2) is 5.39. The van der Waals surface area contributed by atoms with Crippen molar-refractivity contribution in [2.24, 2.45) is 5.92 Å². The summed E-state index contributed by atoms with van der Waals surface area (Å²) in [6.45, 7) is 0. The van der Waals surface area contributed by atoms with Gasteiger partial charge in [-0.2, -0.15) is 8.78 Å². The van der Waals surface area contributed by atoms with Crippen molar-refractivity contribution < 1.29 is 13.2 Å². The molecule has 0 radical (unpaired) electrons. The quantitative estimate of drug-likeness (QED) is 0.679. The SMILES string of the molecule is FC(F)=C(F)C1CCC(c2ccccc2)CC1. The number of rotatable bonds is 2. The van der Waals surface area contributed by atoms with E-state index in [1.165, 1.54) is 5.56 Å². The van der Waals surface area contributed by atoms with Gasteiger partial charge >= 0.3 is 6.08 Å². The lowest BCUT2D eigenvalue weighted by Crippen LogP contribution is -2.14. The average molecular weight is 240 g/mol. The Kier molecular flexibility index (Phi) is 3.87. The topological polar surface area (TPSA) is 0 Å². The second-order valence-corrected chi connectivity index (χ2v) is 4.57. The molecule has 1 aromatic carbocycles. The molecular weight excluding hydrogens is 225 g/mol. The highest BCUT2D eigenvalue weighted by Crippen LogP contribution is 2.39. The smallest absolute Gasteiger partial charge is 0.206 e. The summed E-state index contributed by atoms with van der Waals surface area (Å²) in [7, 11) is 0. The van der Waals surface area contributed by atoms with Gasteiger partial charge in [-0.1, -0.05) is 30.3 Å². The Balaban J connectivity index is 1.97. The summed E-state index contributed by atoms with van der Waals surface area (Å²) < 4.78 is 37.3. The van der Waals surface area contributed by atoms with E-state index in [-0.39, 0.29) is 0 Å². The molecule has 1 saturated carbocycles. The summed E-state index contributed by atoms with van der Waals surface area (Å²) in [4.78, 5) is 0. The van der Waals surface area contributed by atoms with Crippen molar-refractivity contribution in [2.45, 2.75) is 31.6 Å². The first-order valence-corrected chi connectivity index (χ1v) is 5.94. The molecule has 0 bridgehead atoms. The summed E-state index contributed by atoms with van der Waals surface area (Å²) in [5.74, 6) is -1.38. The molecule has 92 valence electrons. The summed E-state index contributed by atoms with van der Waals surface area (Å²) in [6.07, 6.45) is 0.462. The zero-order valence-electron chi connectivity index (χ0n) is 9.50. The average Bonchev–Trinajstić information content (AvgIpc) is 2.39. The van der Waals surface area contributed by atoms with E-state index in [4.69, 9.17) is 0 Å². The van der Waals surface area contributed by atoms with Crippen molar-refractivity contribution in [3.63, 3.8) is 0 Å². The lowest BCUT2D eigenvalue weighted by atomic mass is 9.78. The molecule has 0 unspecified atom stereocenters. The van der Waals surface area contributed by atoms with Crippen molar-refractivity contribution in [1.29, 1.82) is 0 Å². The van der Waals surface area contributed by atoms with Crippen molar-refractivity contribution >= 4 is 0 Å². The van der Waals surface area contributed by atoms with E-state index in [0.29, 0.717) is 18.8 Å². The molecule has 0 spiro atoms. The lowest BCUT2D eigenvalue weighted by Gasteiger charge is -2.27. The number of halogens is 3. The molecule has 3 heteroatoms. The molecule has 2 rings (SSSR count). The molecule has 0 aromatic heterocycles. The molecule has 0 heterocycles. The van der Waals surface area contributed by atoms with Crippen LogP contribution in [0.1, 0.15) is 37.2 Å². The molecule has 0 aliphatic heterocycles. The molecule has 0 saturated heterocycles. The van der Waals surface area contributed by atoms with Crippen LogP contribution < -0.4 is 0 Å². The van der Waals surface area contributed by atoms with E-state index >= 15 is 0 Å². The van der Waals surface area contributed by atoms with Crippen LogP contribution >= 0.6 is 0 Å². The Bertz CT molecular complexity index is 385. The maximum Gasteiger partial charge on any atom is 0.301 e. The van der Waals surface area contributed by atoms with Crippen LogP contribution in [0.15, 0.2) is 42.2 Å². The molecule has 17 heavy (non-hydrogen) atoms. The van der Waals surface area contributed by atoms with Gasteiger partial charge in [0.15, 0.2) is 5.83 Å². The van der Waals surface area contributed by atoms with Gasteiger partial charge in [0, 0.05) is 5.92 Å². The fraction of sp³-hybridized carbons (Fsp3) is 0.429. The Hall–Kier alpha value is -1.25. The minimum absolute atomic E-state index is 0.392. The third-order valence-electron chi connectivity index (χ3n) is 3.54. The highest BCUT2D eigenvalue weighted by atomic mass is 19.3. The zero-order chi connectivity index (χ0) is 12.3. The molecule has 0 N–H and O–H groups in total. The Morgan fingerprint density at radius 1 is 0.882 bits per heavy atom. The van der Waals surface area contributed by atoms with E-state index in [9.17, 15) is 13.2 Å². The molecule has 0 atom stereocenters. The third kappa shape index (κ3) is 2.90. The first-order valence-electron chi connectivity index (χ1n) is 5.94. The largest absolute Gasteiger partial charge is 0.301 e. The normalized spacial score (nSPS) is 24.4. The van der Waals surface area contributed by atoms with Crippen LogP contribution in [-0.4, -0.2) is 0 Å². The molecule has 1 fully saturated rings. The summed E-state index contributed by atoms with van der Waals surface area (Å²) in [5.41, 5.74) is 1.23. The van der Waals surface area contributed by atoms with Crippen molar-refractivity contribution in [1.82, 2.24) is 0 Å². The van der Waals surface area contributed by atoms with Gasteiger partial charge in [-0.25, -0.2) is 4.39 Å². The highest BCUT2D eigenvalue weighted by molar-refractivity contribution is 5.20. The summed E-state index contributed by atoms with van der Waals surface area (Å²) in [6, 6.07) is 10.0. The number of hydrogen-bond donors (Lipinski definition) is 0. The number of hydrogen-bond acceptors (Lipinski definition) is 0. The van der Waals surface area contributed by atoms with Crippen LogP contribution in [0.2, 0.25) is 0 Å². The maximum atomic E-state index is 13.1. The second-order valence-electron chi connectivity index (χ2n) is 4.57. The molecular formula is C14H15F3. The Morgan fingerprint density at radius 3 is 2.00 bits per heavy atom. The molecule has 0 amide bonds. The third-order valence-corrected chi connectivity index (χ3v) is 3.54. The zero-order valence-corrected chi connectivity index (χ0v) is 9.50. The standard InChI is InChI=1S/C14H15F3/c15-13(14(16)17)12-8-6-11(7-9-12)10-4-2-1-3-5-10/h1-5,11-12H,6-9H2. The van der Waals surface area contributed by atoms with E-state index in [2.05, 4.69) is 0 Å². The van der Waals surface area contributed by atoms with Gasteiger partial charge in [0.2, 0.25) is 0 Å². The minimum Gasteiger partial charge on any atom is -0.206 e. The number of allylic oxidation sites excluding steroid dienone is 1. The molecule has 1 aliphatic rings. The van der Waals surface area contributed by atoms with Gasteiger partial charge in [0.05, 0.1) is 0 Å². The van der Waals surface area contributed by atoms with Crippen LogP contribution in [0.5, 0.6) is 0 Å². The highest BCUT2D eigenvalue weighted by Gasteiger charge is 2.27. The van der Waals surface area contributed by atoms with Crippen molar-refractivity contribution in [3.8, 4) is 0 Å². The maximum absolute atomic E-state index is 13.1. The molecule has 0 nitrogen and oxygen atoms in total. The van der Waals surface area contributed by atoms with Gasteiger partial charge in [0.25, 0.3) is 0 Å². The first kappa shape index (κ1) is 12.2. The number of benzene rings is 1. The Labute approximate surface area is 99.2 Å². The van der Waals surface area contributed by atoms with Gasteiger partial charge < -0.3 is 0 Å². The minimum atomic E-state index is -2.15. The van der Waals surface area contributed by atoms with Crippen molar-refractivity contribution in [3.05, 3.63) is 47.8 Å². The Morgan fingerprint density at radius 2 is 1.47 bits per heavy atom. The van der Waals surface area contributed by atoms with Crippen LogP contribution in [0, 0.1) is 5.92 Å². The molecule has 1 aliphatic carbocycles. The van der Waals surface area contributed by atoms with Gasteiger partial charge in [-0.15, -0.1) is 0 Å². The van der Waals surface area contributed by atoms with E-state index in [1.54, 1.807) is 0 Å². The fourth-order valence-electron chi connectivity index (χ4n) is 2.56. The van der Waals surface area contributed by atoms with Gasteiger partial charge in [-0.05, 0) is 37.2 Å². The monoisotopic (exact) mass is 240 g/mol.